The number of esters is 1. The van der Waals surface area contributed by atoms with Crippen LogP contribution in [0.5, 0.6) is 0 Å². The van der Waals surface area contributed by atoms with Crippen LogP contribution < -0.4 is 5.32 Å². The van der Waals surface area contributed by atoms with Crippen LogP contribution in [0.4, 0.5) is 0 Å². The van der Waals surface area contributed by atoms with Crippen molar-refractivity contribution in [1.29, 1.82) is 0 Å². The summed E-state index contributed by atoms with van der Waals surface area (Å²) in [6, 6.07) is 0. The summed E-state index contributed by atoms with van der Waals surface area (Å²) >= 11 is 7.71. The maximum absolute atomic E-state index is 12.2. The molecule has 2 N–H and O–H groups in total. The summed E-state index contributed by atoms with van der Waals surface area (Å²) in [6.07, 6.45) is 2.59. The molecule has 6 nitrogen and oxygen atoms in total. The van der Waals surface area contributed by atoms with Crippen LogP contribution >= 0.6 is 23.4 Å². The van der Waals surface area contributed by atoms with Crippen LogP contribution in [0.3, 0.4) is 0 Å². The lowest BCUT2D eigenvalue weighted by molar-refractivity contribution is -0.139. The van der Waals surface area contributed by atoms with E-state index < -0.39 is 5.97 Å². The lowest BCUT2D eigenvalue weighted by Crippen LogP contribution is -2.26. The van der Waals surface area contributed by atoms with Gasteiger partial charge in [0.1, 0.15) is 0 Å². The van der Waals surface area contributed by atoms with Gasteiger partial charge in [0.15, 0.2) is 0 Å². The standard InChI is InChI=1S/C14H17ClN2O4S/c1-3-21-14(19)10-9-5-4-8(6-16-20)11(15)12(9)22-13(10)17-7(2)18/h6,9,12,20H,3-5H2,1-2H3,(H,17,18)/b16-6+/t9-,12-/m1/s1. The molecule has 2 rings (SSSR count). The van der Waals surface area contributed by atoms with E-state index >= 15 is 0 Å². The summed E-state index contributed by atoms with van der Waals surface area (Å²) in [4.78, 5) is 23.6. The zero-order valence-corrected chi connectivity index (χ0v) is 13.8. The molecule has 0 aromatic rings. The minimum Gasteiger partial charge on any atom is -0.463 e. The molecule has 0 bridgehead atoms. The van der Waals surface area contributed by atoms with Gasteiger partial charge in [0, 0.05) is 17.9 Å². The number of nitrogens with zero attached hydrogens (tertiary/aromatic N) is 1. The van der Waals surface area contributed by atoms with Gasteiger partial charge in [0.05, 0.1) is 28.7 Å². The fraction of sp³-hybridized carbons (Fsp3) is 0.500. The van der Waals surface area contributed by atoms with Crippen LogP contribution in [0.2, 0.25) is 0 Å². The van der Waals surface area contributed by atoms with Crippen LogP contribution in [0.1, 0.15) is 26.7 Å². The Morgan fingerprint density at radius 1 is 1.59 bits per heavy atom. The van der Waals surface area contributed by atoms with Crippen molar-refractivity contribution in [2.75, 3.05) is 6.61 Å². The molecule has 0 unspecified atom stereocenters. The zero-order valence-electron chi connectivity index (χ0n) is 12.3. The van der Waals surface area contributed by atoms with Crippen molar-refractivity contribution < 1.29 is 19.5 Å². The number of hydrogen-bond acceptors (Lipinski definition) is 6. The number of oxime groups is 1. The minimum absolute atomic E-state index is 0.116. The van der Waals surface area contributed by atoms with E-state index in [0.717, 1.165) is 5.57 Å². The van der Waals surface area contributed by atoms with Crippen molar-refractivity contribution in [2.24, 2.45) is 11.1 Å². The molecular formula is C14H17ClN2O4S. The smallest absolute Gasteiger partial charge is 0.337 e. The number of thioether (sulfide) groups is 1. The summed E-state index contributed by atoms with van der Waals surface area (Å²) in [6.45, 7) is 3.39. The van der Waals surface area contributed by atoms with Crippen LogP contribution in [0, 0.1) is 5.92 Å². The Morgan fingerprint density at radius 3 is 2.91 bits per heavy atom. The molecular weight excluding hydrogens is 328 g/mol. The van der Waals surface area contributed by atoms with Gasteiger partial charge in [-0.3, -0.25) is 4.79 Å². The first kappa shape index (κ1) is 16.9. The largest absolute Gasteiger partial charge is 0.463 e. The number of halogens is 1. The summed E-state index contributed by atoms with van der Waals surface area (Å²) in [7, 11) is 0. The first-order valence-electron chi connectivity index (χ1n) is 6.91. The Kier molecular flexibility index (Phi) is 5.52. The van der Waals surface area contributed by atoms with E-state index in [1.54, 1.807) is 6.92 Å². The number of carbonyl (C=O) groups is 2. The molecule has 1 aliphatic heterocycles. The topological polar surface area (TPSA) is 88.0 Å². The second-order valence-electron chi connectivity index (χ2n) is 4.95. The first-order valence-corrected chi connectivity index (χ1v) is 8.16. The predicted molar refractivity (Wildman–Crippen MR) is 84.7 cm³/mol. The maximum Gasteiger partial charge on any atom is 0.337 e. The number of allylic oxidation sites excluding steroid dienone is 1. The average molecular weight is 345 g/mol. The molecule has 0 aromatic heterocycles. The average Bonchev–Trinajstić information content (AvgIpc) is 2.80. The lowest BCUT2D eigenvalue weighted by atomic mass is 9.84. The molecule has 2 aliphatic rings. The quantitative estimate of drug-likeness (QED) is 0.354. The minimum atomic E-state index is -0.421. The van der Waals surface area contributed by atoms with E-state index in [0.29, 0.717) is 28.5 Å². The van der Waals surface area contributed by atoms with Gasteiger partial charge in [-0.1, -0.05) is 28.5 Å². The van der Waals surface area contributed by atoms with Gasteiger partial charge in [-0.2, -0.15) is 0 Å². The fourth-order valence-corrected chi connectivity index (χ4v) is 4.57. The molecule has 22 heavy (non-hydrogen) atoms. The van der Waals surface area contributed by atoms with Gasteiger partial charge < -0.3 is 15.3 Å². The van der Waals surface area contributed by atoms with E-state index in [9.17, 15) is 9.59 Å². The third kappa shape index (κ3) is 3.30. The Balaban J connectivity index is 2.36. The zero-order chi connectivity index (χ0) is 16.3. The van der Waals surface area contributed by atoms with E-state index in [-0.39, 0.29) is 23.7 Å². The van der Waals surface area contributed by atoms with Crippen LogP contribution in [-0.2, 0) is 14.3 Å². The van der Waals surface area contributed by atoms with E-state index in [1.165, 1.54) is 24.9 Å². The van der Waals surface area contributed by atoms with Crippen LogP contribution in [-0.4, -0.2) is 35.2 Å². The van der Waals surface area contributed by atoms with Gasteiger partial charge in [-0.25, -0.2) is 4.79 Å². The molecule has 2 atom stereocenters. The number of fused-ring (bicyclic) bond motifs is 1. The Labute approximate surface area is 137 Å². The Hall–Kier alpha value is -1.47. The summed E-state index contributed by atoms with van der Waals surface area (Å²) < 4.78 is 5.11. The van der Waals surface area contributed by atoms with Crippen molar-refractivity contribution in [3.63, 3.8) is 0 Å². The molecule has 0 spiro atoms. The second-order valence-corrected chi connectivity index (χ2v) is 6.50. The molecule has 1 amide bonds. The number of amides is 1. The summed E-state index contributed by atoms with van der Waals surface area (Å²) in [5, 5.41) is 15.3. The normalized spacial score (nSPS) is 24.7. The molecule has 0 fully saturated rings. The third-order valence-corrected chi connectivity index (χ3v) is 5.49. The number of ether oxygens (including phenoxy) is 1. The highest BCUT2D eigenvalue weighted by molar-refractivity contribution is 8.04. The van der Waals surface area contributed by atoms with Crippen LogP contribution in [0.15, 0.2) is 26.4 Å². The molecule has 0 radical (unpaired) electrons. The number of hydrogen-bond donors (Lipinski definition) is 2. The molecule has 0 aromatic carbocycles. The molecule has 120 valence electrons. The summed E-state index contributed by atoms with van der Waals surface area (Å²) in [5.74, 6) is -0.788. The Morgan fingerprint density at radius 2 is 2.32 bits per heavy atom. The van der Waals surface area contributed by atoms with Gasteiger partial charge in [-0.15, -0.1) is 0 Å². The van der Waals surface area contributed by atoms with Crippen molar-refractivity contribution >= 4 is 41.5 Å². The number of rotatable bonds is 4. The predicted octanol–water partition coefficient (Wildman–Crippen LogP) is 2.38. The van der Waals surface area contributed by atoms with Crippen molar-refractivity contribution in [2.45, 2.75) is 31.9 Å². The molecule has 1 aliphatic carbocycles. The van der Waals surface area contributed by atoms with Gasteiger partial charge in [0.2, 0.25) is 5.91 Å². The van der Waals surface area contributed by atoms with Crippen molar-refractivity contribution in [3.8, 4) is 0 Å². The van der Waals surface area contributed by atoms with Crippen LogP contribution in [0.25, 0.3) is 0 Å². The third-order valence-electron chi connectivity index (χ3n) is 3.51. The highest BCUT2D eigenvalue weighted by Crippen LogP contribution is 2.51. The number of carbonyl (C=O) groups excluding carboxylic acids is 2. The molecule has 0 saturated heterocycles. The van der Waals surface area contributed by atoms with Gasteiger partial charge in [0.25, 0.3) is 0 Å². The molecule has 1 heterocycles. The number of nitrogens with one attached hydrogen (secondary N) is 1. The first-order chi connectivity index (χ1) is 10.5. The highest BCUT2D eigenvalue weighted by atomic mass is 35.5. The molecule has 0 saturated carbocycles. The summed E-state index contributed by atoms with van der Waals surface area (Å²) in [5.41, 5.74) is 1.22. The van der Waals surface area contributed by atoms with Gasteiger partial charge >= 0.3 is 5.97 Å². The van der Waals surface area contributed by atoms with E-state index in [4.69, 9.17) is 21.5 Å². The Bertz CT molecular complexity index is 585. The monoisotopic (exact) mass is 344 g/mol. The SMILES string of the molecule is CCOC(=O)C1=C(NC(C)=O)S[C@H]2C(Cl)=C(/C=N/O)CC[C@H]12. The van der Waals surface area contributed by atoms with E-state index in [1.807, 2.05) is 0 Å². The van der Waals surface area contributed by atoms with Gasteiger partial charge in [-0.05, 0) is 25.3 Å². The molecule has 8 heteroatoms. The fourth-order valence-electron chi connectivity index (χ4n) is 2.64. The van der Waals surface area contributed by atoms with E-state index in [2.05, 4.69) is 10.5 Å². The lowest BCUT2D eigenvalue weighted by Gasteiger charge is -2.26. The second kappa shape index (κ2) is 7.19. The maximum atomic E-state index is 12.2. The van der Waals surface area contributed by atoms with Crippen molar-refractivity contribution in [1.82, 2.24) is 5.32 Å². The highest BCUT2D eigenvalue weighted by Gasteiger charge is 2.44. The van der Waals surface area contributed by atoms with Crippen molar-refractivity contribution in [3.05, 3.63) is 21.2 Å².